The molecule has 0 unspecified atom stereocenters. The van der Waals surface area contributed by atoms with Gasteiger partial charge in [0, 0.05) is 17.2 Å². The molecule has 0 bridgehead atoms. The Kier molecular flexibility index (Phi) is 3.95. The summed E-state index contributed by atoms with van der Waals surface area (Å²) < 4.78 is 29.2. The van der Waals surface area contributed by atoms with Crippen LogP contribution in [0.4, 0.5) is 0 Å². The monoisotopic (exact) mass is 396 g/mol. The van der Waals surface area contributed by atoms with Crippen LogP contribution >= 0.6 is 0 Å². The van der Waals surface area contributed by atoms with Gasteiger partial charge in [0.2, 0.25) is 0 Å². The third-order valence-corrected chi connectivity index (χ3v) is 6.02. The van der Waals surface area contributed by atoms with Crippen molar-refractivity contribution in [3.05, 3.63) is 41.0 Å². The van der Waals surface area contributed by atoms with E-state index in [1.807, 2.05) is 18.2 Å². The number of ether oxygens (including phenoxy) is 5. The lowest BCUT2D eigenvalue weighted by atomic mass is 9.80. The minimum Gasteiger partial charge on any atom is -0.493 e. The highest BCUT2D eigenvalue weighted by atomic mass is 16.5. The Morgan fingerprint density at radius 2 is 1.83 bits per heavy atom. The lowest BCUT2D eigenvalue weighted by Gasteiger charge is -2.40. The smallest absolute Gasteiger partial charge is 0.178 e. The summed E-state index contributed by atoms with van der Waals surface area (Å²) in [6.45, 7) is 4.45. The Morgan fingerprint density at radius 3 is 2.59 bits per heavy atom. The second-order valence-corrected chi connectivity index (χ2v) is 8.33. The van der Waals surface area contributed by atoms with Crippen molar-refractivity contribution in [3.8, 4) is 28.7 Å². The molecule has 0 spiro atoms. The number of benzene rings is 2. The van der Waals surface area contributed by atoms with Gasteiger partial charge in [0.1, 0.15) is 35.6 Å². The van der Waals surface area contributed by atoms with E-state index in [4.69, 9.17) is 23.7 Å². The molecule has 6 nitrogen and oxygen atoms in total. The molecule has 3 aliphatic rings. The Labute approximate surface area is 169 Å². The molecule has 5 rings (SSSR count). The molecule has 3 heterocycles. The molecule has 3 aliphatic heterocycles. The van der Waals surface area contributed by atoms with Gasteiger partial charge in [-0.3, -0.25) is 4.79 Å². The summed E-state index contributed by atoms with van der Waals surface area (Å²) in [7, 11) is 3.15. The van der Waals surface area contributed by atoms with Gasteiger partial charge in [-0.1, -0.05) is 0 Å². The first kappa shape index (κ1) is 18.2. The zero-order valence-electron chi connectivity index (χ0n) is 17.0. The molecule has 152 valence electrons. The van der Waals surface area contributed by atoms with Crippen LogP contribution in [0, 0.1) is 0 Å². The lowest BCUT2D eigenvalue weighted by Crippen LogP contribution is -2.43. The van der Waals surface area contributed by atoms with Crippen LogP contribution in [-0.4, -0.2) is 38.3 Å². The number of ketones is 1. The van der Waals surface area contributed by atoms with E-state index in [0.29, 0.717) is 35.2 Å². The van der Waals surface area contributed by atoms with Crippen LogP contribution in [0.3, 0.4) is 0 Å². The molecular weight excluding hydrogens is 372 g/mol. The first-order chi connectivity index (χ1) is 13.9. The van der Waals surface area contributed by atoms with Crippen molar-refractivity contribution in [3.63, 3.8) is 0 Å². The van der Waals surface area contributed by atoms with Crippen molar-refractivity contribution in [1.29, 1.82) is 0 Å². The Balaban J connectivity index is 1.59. The number of hydrogen-bond donors (Lipinski definition) is 0. The maximum Gasteiger partial charge on any atom is 0.178 e. The number of hydrogen-bond acceptors (Lipinski definition) is 6. The van der Waals surface area contributed by atoms with Gasteiger partial charge in [-0.2, -0.15) is 0 Å². The van der Waals surface area contributed by atoms with Crippen molar-refractivity contribution in [2.45, 2.75) is 44.3 Å². The Hall–Kier alpha value is -2.89. The topological polar surface area (TPSA) is 63.2 Å². The maximum atomic E-state index is 13.5. The van der Waals surface area contributed by atoms with Crippen molar-refractivity contribution in [2.24, 2.45) is 0 Å². The predicted octanol–water partition coefficient (Wildman–Crippen LogP) is 3.93. The van der Waals surface area contributed by atoms with Gasteiger partial charge >= 0.3 is 0 Å². The number of rotatable bonds is 2. The molecule has 29 heavy (non-hydrogen) atoms. The SMILES string of the molecule is COc1cc2c(cc1OC)[C@@H]1C(=O)c3ccc4c(c3O[C@@H]1CO2)CCC(C)(C)O4. The van der Waals surface area contributed by atoms with E-state index in [2.05, 4.69) is 13.8 Å². The molecule has 0 saturated heterocycles. The molecule has 6 heteroatoms. The maximum absolute atomic E-state index is 13.5. The average molecular weight is 396 g/mol. The summed E-state index contributed by atoms with van der Waals surface area (Å²) >= 11 is 0. The van der Waals surface area contributed by atoms with Crippen molar-refractivity contribution >= 4 is 5.78 Å². The second-order valence-electron chi connectivity index (χ2n) is 8.33. The minimum absolute atomic E-state index is 0.0423. The highest BCUT2D eigenvalue weighted by Crippen LogP contribution is 2.49. The zero-order chi connectivity index (χ0) is 20.3. The van der Waals surface area contributed by atoms with E-state index >= 15 is 0 Å². The molecule has 0 radical (unpaired) electrons. The quantitative estimate of drug-likeness (QED) is 0.767. The highest BCUT2D eigenvalue weighted by Gasteiger charge is 2.45. The van der Waals surface area contributed by atoms with Crippen LogP contribution in [0.15, 0.2) is 24.3 Å². The summed E-state index contributed by atoms with van der Waals surface area (Å²) in [6.07, 6.45) is 1.30. The normalized spacial score (nSPS) is 23.2. The summed E-state index contributed by atoms with van der Waals surface area (Å²) in [6, 6.07) is 7.31. The van der Waals surface area contributed by atoms with E-state index in [9.17, 15) is 4.79 Å². The van der Waals surface area contributed by atoms with Crippen molar-refractivity contribution in [1.82, 2.24) is 0 Å². The fourth-order valence-electron chi connectivity index (χ4n) is 4.49. The molecule has 0 aromatic heterocycles. The van der Waals surface area contributed by atoms with Crippen LogP contribution < -0.4 is 23.7 Å². The van der Waals surface area contributed by atoms with Crippen LogP contribution in [0.25, 0.3) is 0 Å². The molecule has 0 N–H and O–H groups in total. The first-order valence-corrected chi connectivity index (χ1v) is 9.86. The van der Waals surface area contributed by atoms with Crippen LogP contribution in [0.1, 0.15) is 47.7 Å². The van der Waals surface area contributed by atoms with E-state index < -0.39 is 5.92 Å². The van der Waals surface area contributed by atoms with E-state index in [1.54, 1.807) is 20.3 Å². The molecule has 2 atom stereocenters. The van der Waals surface area contributed by atoms with E-state index in [-0.39, 0.29) is 17.5 Å². The number of carbonyl (C=O) groups is 1. The summed E-state index contributed by atoms with van der Waals surface area (Å²) in [4.78, 5) is 13.5. The Bertz CT molecular complexity index is 1010. The third kappa shape index (κ3) is 2.73. The molecule has 0 saturated carbocycles. The molecule has 0 fully saturated rings. The fraction of sp³-hybridized carbons (Fsp3) is 0.435. The molecule has 2 aromatic rings. The number of fused-ring (bicyclic) bond motifs is 6. The standard InChI is InChI=1S/C23H24O6/c1-23(2)8-7-12-15(29-23)6-5-13-21(24)20-14-9-17(25-3)18(26-4)10-16(14)27-11-19(20)28-22(12)13/h5-6,9-10,19-20H,7-8,11H2,1-4H3/t19-,20+/m1/s1. The molecule has 0 amide bonds. The van der Waals surface area contributed by atoms with Gasteiger partial charge in [-0.05, 0) is 44.9 Å². The Morgan fingerprint density at radius 1 is 1.07 bits per heavy atom. The minimum atomic E-state index is -0.440. The van der Waals surface area contributed by atoms with E-state index in [1.165, 1.54) is 0 Å². The summed E-state index contributed by atoms with van der Waals surface area (Å²) in [5, 5.41) is 0. The molecular formula is C23H24O6. The zero-order valence-corrected chi connectivity index (χ0v) is 17.0. The fourth-order valence-corrected chi connectivity index (χ4v) is 4.49. The third-order valence-electron chi connectivity index (χ3n) is 6.02. The molecule has 0 aliphatic carbocycles. The second kappa shape index (κ2) is 6.31. The molecule has 2 aromatic carbocycles. The summed E-state index contributed by atoms with van der Waals surface area (Å²) in [5.74, 6) is 2.82. The van der Waals surface area contributed by atoms with Crippen molar-refractivity contribution < 1.29 is 28.5 Å². The largest absolute Gasteiger partial charge is 0.493 e. The lowest BCUT2D eigenvalue weighted by molar-refractivity contribution is 0.0519. The van der Waals surface area contributed by atoms with Gasteiger partial charge in [-0.15, -0.1) is 0 Å². The first-order valence-electron chi connectivity index (χ1n) is 9.86. The number of methoxy groups -OCH3 is 2. The predicted molar refractivity (Wildman–Crippen MR) is 106 cm³/mol. The van der Waals surface area contributed by atoms with E-state index in [0.717, 1.165) is 29.7 Å². The van der Waals surface area contributed by atoms with Crippen LogP contribution in [0.2, 0.25) is 0 Å². The van der Waals surface area contributed by atoms with Crippen molar-refractivity contribution in [2.75, 3.05) is 20.8 Å². The van der Waals surface area contributed by atoms with Gasteiger partial charge in [-0.25, -0.2) is 0 Å². The van der Waals surface area contributed by atoms with Gasteiger partial charge in [0.25, 0.3) is 0 Å². The highest BCUT2D eigenvalue weighted by molar-refractivity contribution is 6.05. The average Bonchev–Trinajstić information content (AvgIpc) is 2.71. The number of Topliss-reactive ketones (excluding diaryl/α,β-unsaturated/α-hetero) is 1. The summed E-state index contributed by atoms with van der Waals surface area (Å²) in [5.41, 5.74) is 2.14. The van der Waals surface area contributed by atoms with Gasteiger partial charge < -0.3 is 23.7 Å². The van der Waals surface area contributed by atoms with Gasteiger partial charge in [0.15, 0.2) is 17.3 Å². The van der Waals surface area contributed by atoms with Crippen LogP contribution in [-0.2, 0) is 6.42 Å². The van der Waals surface area contributed by atoms with Gasteiger partial charge in [0.05, 0.1) is 25.7 Å². The number of carbonyl (C=O) groups excluding carboxylic acids is 1. The van der Waals surface area contributed by atoms with Crippen LogP contribution in [0.5, 0.6) is 28.7 Å².